The number of anilines is 2. The predicted octanol–water partition coefficient (Wildman–Crippen LogP) is 5.96. The molecule has 0 bridgehead atoms. The van der Waals surface area contributed by atoms with Crippen LogP contribution in [0.4, 0.5) is 20.2 Å². The van der Waals surface area contributed by atoms with E-state index in [4.69, 9.17) is 11.6 Å². The van der Waals surface area contributed by atoms with Gasteiger partial charge >= 0.3 is 0 Å². The van der Waals surface area contributed by atoms with E-state index in [1.165, 1.54) is 18.2 Å². The summed E-state index contributed by atoms with van der Waals surface area (Å²) >= 11 is 6.10. The zero-order valence-electron chi connectivity index (χ0n) is 11.5. The fourth-order valence-electron chi connectivity index (χ4n) is 1.96. The Morgan fingerprint density at radius 1 is 1.05 bits per heavy atom. The summed E-state index contributed by atoms with van der Waals surface area (Å²) in [5.41, 5.74) is 1.99. The highest BCUT2D eigenvalue weighted by Crippen LogP contribution is 2.32. The molecule has 0 atom stereocenters. The van der Waals surface area contributed by atoms with E-state index in [9.17, 15) is 8.78 Å². The highest BCUT2D eigenvalue weighted by molar-refractivity contribution is 6.33. The lowest BCUT2D eigenvalue weighted by molar-refractivity contribution is 0.510. The standard InChI is InChI=1S/C17H14ClF2N/c1-4-11-9-12(5-2)17(16(20)15(11)19)21-14-7-6-10(3)8-13(14)18/h4-9,21H,1-2H2,3H3. The quantitative estimate of drug-likeness (QED) is 0.735. The number of benzene rings is 2. The third kappa shape index (κ3) is 2.98. The molecular weight excluding hydrogens is 292 g/mol. The van der Waals surface area contributed by atoms with Gasteiger partial charge in [0, 0.05) is 11.1 Å². The van der Waals surface area contributed by atoms with Crippen LogP contribution in [0.5, 0.6) is 0 Å². The largest absolute Gasteiger partial charge is 0.351 e. The van der Waals surface area contributed by atoms with Gasteiger partial charge in [-0.2, -0.15) is 0 Å². The van der Waals surface area contributed by atoms with Crippen molar-refractivity contribution in [3.05, 3.63) is 70.8 Å². The molecule has 2 rings (SSSR count). The minimum absolute atomic E-state index is 0.00106. The predicted molar refractivity (Wildman–Crippen MR) is 86.0 cm³/mol. The Hall–Kier alpha value is -2.13. The van der Waals surface area contributed by atoms with Crippen LogP contribution >= 0.6 is 11.6 Å². The van der Waals surface area contributed by atoms with Crippen molar-refractivity contribution < 1.29 is 8.78 Å². The Kier molecular flexibility index (Phi) is 4.43. The van der Waals surface area contributed by atoms with Gasteiger partial charge in [0.1, 0.15) is 0 Å². The van der Waals surface area contributed by atoms with E-state index in [0.29, 0.717) is 16.3 Å². The Balaban J connectivity index is 2.55. The van der Waals surface area contributed by atoms with E-state index >= 15 is 0 Å². The van der Waals surface area contributed by atoms with E-state index in [0.717, 1.165) is 5.56 Å². The van der Waals surface area contributed by atoms with Gasteiger partial charge in [-0.25, -0.2) is 8.78 Å². The Morgan fingerprint density at radius 2 is 1.71 bits per heavy atom. The maximum absolute atomic E-state index is 14.2. The lowest BCUT2D eigenvalue weighted by atomic mass is 10.1. The number of aryl methyl sites for hydroxylation is 1. The van der Waals surface area contributed by atoms with Crippen LogP contribution in [0.2, 0.25) is 5.02 Å². The molecule has 0 aromatic heterocycles. The molecule has 0 amide bonds. The van der Waals surface area contributed by atoms with Crippen LogP contribution in [0.1, 0.15) is 16.7 Å². The molecule has 0 saturated carbocycles. The lowest BCUT2D eigenvalue weighted by Gasteiger charge is -2.14. The summed E-state index contributed by atoms with van der Waals surface area (Å²) in [6.07, 6.45) is 2.70. The Morgan fingerprint density at radius 3 is 2.29 bits per heavy atom. The minimum Gasteiger partial charge on any atom is -0.351 e. The van der Waals surface area contributed by atoms with E-state index in [1.807, 2.05) is 13.0 Å². The first-order valence-electron chi connectivity index (χ1n) is 6.28. The summed E-state index contributed by atoms with van der Waals surface area (Å²) in [6.45, 7) is 8.98. The molecular formula is C17H14ClF2N. The SMILES string of the molecule is C=Cc1cc(C=C)c(Nc2ccc(C)cc2Cl)c(F)c1F. The van der Waals surface area contributed by atoms with Crippen molar-refractivity contribution in [2.45, 2.75) is 6.92 Å². The zero-order chi connectivity index (χ0) is 15.6. The molecule has 0 aliphatic heterocycles. The average molecular weight is 306 g/mol. The van der Waals surface area contributed by atoms with Gasteiger partial charge in [-0.3, -0.25) is 0 Å². The Bertz CT molecular complexity index is 723. The van der Waals surface area contributed by atoms with Crippen LogP contribution in [0.3, 0.4) is 0 Å². The van der Waals surface area contributed by atoms with Crippen molar-refractivity contribution in [1.29, 1.82) is 0 Å². The third-order valence-corrected chi connectivity index (χ3v) is 3.40. The van der Waals surface area contributed by atoms with Gasteiger partial charge in [0.25, 0.3) is 0 Å². The molecule has 0 heterocycles. The molecule has 0 saturated heterocycles. The molecule has 0 spiro atoms. The zero-order valence-corrected chi connectivity index (χ0v) is 12.3. The van der Waals surface area contributed by atoms with Crippen LogP contribution in [0, 0.1) is 18.6 Å². The first kappa shape index (κ1) is 15.3. The highest BCUT2D eigenvalue weighted by atomic mass is 35.5. The molecule has 0 radical (unpaired) electrons. The monoisotopic (exact) mass is 305 g/mol. The summed E-state index contributed by atoms with van der Waals surface area (Å²) in [7, 11) is 0. The molecule has 0 aliphatic rings. The topological polar surface area (TPSA) is 12.0 Å². The molecule has 1 N–H and O–H groups in total. The number of hydrogen-bond acceptors (Lipinski definition) is 1. The fraction of sp³-hybridized carbons (Fsp3) is 0.0588. The summed E-state index contributed by atoms with van der Waals surface area (Å²) in [5, 5.41) is 3.26. The first-order valence-corrected chi connectivity index (χ1v) is 6.65. The number of rotatable bonds is 4. The van der Waals surface area contributed by atoms with Gasteiger partial charge < -0.3 is 5.32 Å². The van der Waals surface area contributed by atoms with Gasteiger partial charge in [0.05, 0.1) is 16.4 Å². The maximum atomic E-state index is 14.2. The minimum atomic E-state index is -0.987. The molecule has 0 unspecified atom stereocenters. The van der Waals surface area contributed by atoms with Crippen molar-refractivity contribution in [2.75, 3.05) is 5.32 Å². The molecule has 4 heteroatoms. The van der Waals surface area contributed by atoms with Gasteiger partial charge in [-0.15, -0.1) is 0 Å². The second-order valence-corrected chi connectivity index (χ2v) is 4.98. The smallest absolute Gasteiger partial charge is 0.183 e. The first-order chi connectivity index (χ1) is 9.97. The van der Waals surface area contributed by atoms with E-state index in [1.54, 1.807) is 12.1 Å². The van der Waals surface area contributed by atoms with E-state index in [2.05, 4.69) is 18.5 Å². The Labute approximate surface area is 127 Å². The molecule has 1 nitrogen and oxygen atoms in total. The van der Waals surface area contributed by atoms with Gasteiger partial charge in [0.2, 0.25) is 0 Å². The van der Waals surface area contributed by atoms with E-state index in [-0.39, 0.29) is 11.3 Å². The van der Waals surface area contributed by atoms with Crippen molar-refractivity contribution in [3.8, 4) is 0 Å². The van der Waals surface area contributed by atoms with E-state index < -0.39 is 11.6 Å². The molecule has 2 aromatic rings. The number of nitrogens with one attached hydrogen (secondary N) is 1. The normalized spacial score (nSPS) is 10.3. The second kappa shape index (κ2) is 6.10. The number of halogens is 3. The van der Waals surface area contributed by atoms with Crippen LogP contribution in [-0.4, -0.2) is 0 Å². The van der Waals surface area contributed by atoms with Crippen LogP contribution < -0.4 is 5.32 Å². The summed E-state index contributed by atoms with van der Waals surface area (Å²) in [6, 6.07) is 6.75. The van der Waals surface area contributed by atoms with Gasteiger partial charge in [-0.05, 0) is 30.7 Å². The van der Waals surface area contributed by atoms with Crippen molar-refractivity contribution >= 4 is 35.1 Å². The van der Waals surface area contributed by atoms with Gasteiger partial charge in [0.15, 0.2) is 11.6 Å². The molecule has 2 aromatic carbocycles. The van der Waals surface area contributed by atoms with Gasteiger partial charge in [-0.1, -0.05) is 43.0 Å². The third-order valence-electron chi connectivity index (χ3n) is 3.09. The lowest BCUT2D eigenvalue weighted by Crippen LogP contribution is -2.02. The summed E-state index contributed by atoms with van der Waals surface area (Å²) in [5.74, 6) is -1.94. The van der Waals surface area contributed by atoms with Crippen molar-refractivity contribution in [3.63, 3.8) is 0 Å². The van der Waals surface area contributed by atoms with Crippen LogP contribution in [0.15, 0.2) is 37.4 Å². The molecule has 108 valence electrons. The van der Waals surface area contributed by atoms with Crippen LogP contribution in [0.25, 0.3) is 12.2 Å². The second-order valence-electron chi connectivity index (χ2n) is 4.57. The van der Waals surface area contributed by atoms with Crippen LogP contribution in [-0.2, 0) is 0 Å². The van der Waals surface area contributed by atoms with Crippen molar-refractivity contribution in [1.82, 2.24) is 0 Å². The van der Waals surface area contributed by atoms with Crippen molar-refractivity contribution in [2.24, 2.45) is 0 Å². The molecule has 0 fully saturated rings. The maximum Gasteiger partial charge on any atom is 0.183 e. The highest BCUT2D eigenvalue weighted by Gasteiger charge is 2.16. The average Bonchev–Trinajstić information content (AvgIpc) is 2.46. The number of hydrogen-bond donors (Lipinski definition) is 1. The fourth-order valence-corrected chi connectivity index (χ4v) is 2.24. The molecule has 21 heavy (non-hydrogen) atoms. The summed E-state index contributed by atoms with van der Waals surface area (Å²) in [4.78, 5) is 0. The summed E-state index contributed by atoms with van der Waals surface area (Å²) < 4.78 is 28.1. The molecule has 0 aliphatic carbocycles.